The summed E-state index contributed by atoms with van der Waals surface area (Å²) >= 11 is 1.43. The number of carbonyl (C=O) groups is 2. The van der Waals surface area contributed by atoms with E-state index in [-0.39, 0.29) is 23.7 Å². The normalized spacial score (nSPS) is 20.7. The number of carbonyl (C=O) groups excluding carboxylic acids is 2. The van der Waals surface area contributed by atoms with Crippen molar-refractivity contribution in [1.82, 2.24) is 10.3 Å². The highest BCUT2D eigenvalue weighted by Crippen LogP contribution is 2.35. The average Bonchev–Trinajstić information content (AvgIpc) is 3.62. The van der Waals surface area contributed by atoms with Gasteiger partial charge in [-0.3, -0.25) is 14.6 Å². The molecule has 2 aromatic rings. The molecule has 1 aromatic heterocycles. The number of amides is 2. The van der Waals surface area contributed by atoms with Crippen molar-refractivity contribution in [3.8, 4) is 0 Å². The summed E-state index contributed by atoms with van der Waals surface area (Å²) in [4.78, 5) is 28.6. The zero-order valence-corrected chi connectivity index (χ0v) is 17.0. The molecule has 2 N–H and O–H groups in total. The van der Waals surface area contributed by atoms with Crippen LogP contribution in [0.15, 0.2) is 29.5 Å². The van der Waals surface area contributed by atoms with Gasteiger partial charge in [0.1, 0.15) is 5.00 Å². The predicted molar refractivity (Wildman–Crippen MR) is 114 cm³/mol. The van der Waals surface area contributed by atoms with Crippen LogP contribution in [0.1, 0.15) is 53.1 Å². The summed E-state index contributed by atoms with van der Waals surface area (Å²) in [5, 5.41) is 13.9. The molecular formula is C21H23N5O2S. The quantitative estimate of drug-likeness (QED) is 0.767. The molecule has 5 rings (SSSR count). The first kappa shape index (κ1) is 18.3. The molecule has 1 aromatic carbocycles. The van der Waals surface area contributed by atoms with E-state index in [9.17, 15) is 9.59 Å². The lowest BCUT2D eigenvalue weighted by molar-refractivity contribution is -0.117. The highest BCUT2D eigenvalue weighted by molar-refractivity contribution is 7.19. The molecule has 8 heteroatoms. The number of aryl methyl sites for hydroxylation is 1. The third-order valence-corrected chi connectivity index (χ3v) is 6.46. The largest absolute Gasteiger partial charge is 0.349 e. The van der Waals surface area contributed by atoms with Crippen LogP contribution in [0.3, 0.4) is 0 Å². The Labute approximate surface area is 173 Å². The van der Waals surface area contributed by atoms with E-state index >= 15 is 0 Å². The number of thiazole rings is 1. The smallest absolute Gasteiger partial charge is 0.251 e. The van der Waals surface area contributed by atoms with Gasteiger partial charge in [0, 0.05) is 29.7 Å². The monoisotopic (exact) mass is 409 g/mol. The summed E-state index contributed by atoms with van der Waals surface area (Å²) in [6.45, 7) is 2.75. The van der Waals surface area contributed by atoms with Gasteiger partial charge in [-0.25, -0.2) is 4.98 Å². The van der Waals surface area contributed by atoms with E-state index in [1.54, 1.807) is 6.20 Å². The van der Waals surface area contributed by atoms with Crippen molar-refractivity contribution < 1.29 is 9.59 Å². The predicted octanol–water partition coefficient (Wildman–Crippen LogP) is 3.28. The third-order valence-electron chi connectivity index (χ3n) is 5.54. The second-order valence-electron chi connectivity index (χ2n) is 8.04. The van der Waals surface area contributed by atoms with Crippen LogP contribution in [-0.4, -0.2) is 35.6 Å². The fraction of sp³-hybridized carbons (Fsp3) is 0.429. The molecule has 0 radical (unpaired) electrons. The Bertz CT molecular complexity index is 993. The number of aromatic nitrogens is 1. The van der Waals surface area contributed by atoms with E-state index < -0.39 is 0 Å². The molecule has 0 spiro atoms. The molecule has 29 heavy (non-hydrogen) atoms. The SMILES string of the molecule is Cc1ccc(C(=O)NC2CC2)cc1C1C=NN(c2cnc(NC(=O)C3CC3)s2)C1. The summed E-state index contributed by atoms with van der Waals surface area (Å²) in [5.41, 5.74) is 2.96. The highest BCUT2D eigenvalue weighted by Gasteiger charge is 2.31. The summed E-state index contributed by atoms with van der Waals surface area (Å²) in [7, 11) is 0. The molecule has 1 aliphatic heterocycles. The molecule has 1 atom stereocenters. The van der Waals surface area contributed by atoms with Gasteiger partial charge in [0.25, 0.3) is 5.91 Å². The summed E-state index contributed by atoms with van der Waals surface area (Å²) in [6.07, 6.45) is 7.77. The van der Waals surface area contributed by atoms with Crippen molar-refractivity contribution in [3.05, 3.63) is 41.1 Å². The molecular weight excluding hydrogens is 386 g/mol. The Morgan fingerprint density at radius 1 is 1.21 bits per heavy atom. The van der Waals surface area contributed by atoms with Crippen molar-refractivity contribution in [2.24, 2.45) is 11.0 Å². The maximum atomic E-state index is 12.4. The van der Waals surface area contributed by atoms with Gasteiger partial charge in [0.05, 0.1) is 12.7 Å². The molecule has 0 saturated heterocycles. The fourth-order valence-corrected chi connectivity index (χ4v) is 4.23. The van der Waals surface area contributed by atoms with E-state index in [1.165, 1.54) is 11.3 Å². The van der Waals surface area contributed by atoms with E-state index in [0.717, 1.165) is 41.8 Å². The van der Waals surface area contributed by atoms with Gasteiger partial charge in [-0.15, -0.1) is 0 Å². The zero-order chi connectivity index (χ0) is 20.0. The Kier molecular flexibility index (Phi) is 4.58. The molecule has 1 unspecified atom stereocenters. The van der Waals surface area contributed by atoms with Crippen molar-refractivity contribution >= 4 is 39.5 Å². The Morgan fingerprint density at radius 3 is 2.79 bits per heavy atom. The minimum absolute atomic E-state index is 0.000885. The Balaban J connectivity index is 1.27. The number of hydrogen-bond acceptors (Lipinski definition) is 6. The van der Waals surface area contributed by atoms with Gasteiger partial charge >= 0.3 is 0 Å². The molecule has 0 bridgehead atoms. The maximum Gasteiger partial charge on any atom is 0.251 e. The third kappa shape index (κ3) is 4.03. The fourth-order valence-electron chi connectivity index (χ4n) is 3.44. The first-order chi connectivity index (χ1) is 14.1. The minimum Gasteiger partial charge on any atom is -0.349 e. The van der Waals surface area contributed by atoms with Gasteiger partial charge < -0.3 is 10.6 Å². The van der Waals surface area contributed by atoms with E-state index in [2.05, 4.69) is 27.6 Å². The van der Waals surface area contributed by atoms with E-state index in [4.69, 9.17) is 0 Å². The molecule has 2 aliphatic carbocycles. The topological polar surface area (TPSA) is 86.7 Å². The zero-order valence-electron chi connectivity index (χ0n) is 16.2. The lowest BCUT2D eigenvalue weighted by atomic mass is 9.94. The van der Waals surface area contributed by atoms with Gasteiger partial charge in [0.15, 0.2) is 5.13 Å². The first-order valence-electron chi connectivity index (χ1n) is 10.1. The highest BCUT2D eigenvalue weighted by atomic mass is 32.1. The number of nitrogens with zero attached hydrogens (tertiary/aromatic N) is 3. The van der Waals surface area contributed by atoms with Gasteiger partial charge in [-0.05, 0) is 55.9 Å². The lowest BCUT2D eigenvalue weighted by Gasteiger charge is -2.16. The Morgan fingerprint density at radius 2 is 2.03 bits per heavy atom. The van der Waals surface area contributed by atoms with Gasteiger partial charge in [-0.2, -0.15) is 5.10 Å². The second kappa shape index (κ2) is 7.26. The van der Waals surface area contributed by atoms with Crippen molar-refractivity contribution in [1.29, 1.82) is 0 Å². The minimum atomic E-state index is -0.000885. The Hall–Kier alpha value is -2.74. The van der Waals surface area contributed by atoms with E-state index in [1.807, 2.05) is 29.4 Å². The first-order valence-corrected chi connectivity index (χ1v) is 10.9. The van der Waals surface area contributed by atoms with Crippen LogP contribution in [-0.2, 0) is 4.79 Å². The standard InChI is InChI=1S/C21H23N5O2S/c1-12-2-3-14(20(28)24-16-6-7-16)8-17(12)15-9-23-26(11-15)18-10-22-21(29-18)25-19(27)13-4-5-13/h2-3,8-10,13,15-16H,4-7,11H2,1H3,(H,24,28)(H,22,25,27). The van der Waals surface area contributed by atoms with Crippen LogP contribution >= 0.6 is 11.3 Å². The van der Waals surface area contributed by atoms with Crippen LogP contribution in [0.4, 0.5) is 10.1 Å². The molecule has 3 aliphatic rings. The molecule has 2 fully saturated rings. The molecule has 7 nitrogen and oxygen atoms in total. The number of anilines is 2. The maximum absolute atomic E-state index is 12.4. The molecule has 2 amide bonds. The summed E-state index contributed by atoms with van der Waals surface area (Å²) < 4.78 is 0. The van der Waals surface area contributed by atoms with Crippen LogP contribution in [0.2, 0.25) is 0 Å². The number of rotatable bonds is 6. The van der Waals surface area contributed by atoms with Crippen molar-refractivity contribution in [2.75, 3.05) is 16.9 Å². The van der Waals surface area contributed by atoms with Gasteiger partial charge in [0.2, 0.25) is 5.91 Å². The number of hydrogen-bond donors (Lipinski definition) is 2. The molecule has 2 saturated carbocycles. The molecule has 150 valence electrons. The van der Waals surface area contributed by atoms with Crippen LogP contribution in [0, 0.1) is 12.8 Å². The number of hydrazone groups is 1. The van der Waals surface area contributed by atoms with Crippen LogP contribution in [0.5, 0.6) is 0 Å². The van der Waals surface area contributed by atoms with Gasteiger partial charge in [-0.1, -0.05) is 17.4 Å². The lowest BCUT2D eigenvalue weighted by Crippen LogP contribution is -2.25. The van der Waals surface area contributed by atoms with E-state index in [0.29, 0.717) is 23.3 Å². The number of benzene rings is 1. The average molecular weight is 410 g/mol. The van der Waals surface area contributed by atoms with Crippen molar-refractivity contribution in [3.63, 3.8) is 0 Å². The second-order valence-corrected chi connectivity index (χ2v) is 9.05. The van der Waals surface area contributed by atoms with Crippen molar-refractivity contribution in [2.45, 2.75) is 44.6 Å². The number of nitrogens with one attached hydrogen (secondary N) is 2. The summed E-state index contributed by atoms with van der Waals surface area (Å²) in [6, 6.07) is 6.22. The van der Waals surface area contributed by atoms with Crippen LogP contribution < -0.4 is 15.6 Å². The molecule has 2 heterocycles. The van der Waals surface area contributed by atoms with Crippen LogP contribution in [0.25, 0.3) is 0 Å². The summed E-state index contributed by atoms with van der Waals surface area (Å²) in [5.74, 6) is 0.323.